The second-order valence-corrected chi connectivity index (χ2v) is 9.33. The van der Waals surface area contributed by atoms with Gasteiger partial charge >= 0.3 is 5.69 Å². The van der Waals surface area contributed by atoms with Crippen LogP contribution in [-0.4, -0.2) is 17.5 Å². The summed E-state index contributed by atoms with van der Waals surface area (Å²) in [6.07, 6.45) is 1.55. The first-order valence-electron chi connectivity index (χ1n) is 5.12. The standard InChI is InChI=1S/C10H18N2O3Si/c1-11-6-8(7-15-16(3,4)5)9(13)12(2)10(11)14/h6H,7H2,1-5H3. The van der Waals surface area contributed by atoms with Crippen molar-refractivity contribution in [2.24, 2.45) is 14.1 Å². The summed E-state index contributed by atoms with van der Waals surface area (Å²) in [7, 11) is 1.45. The molecule has 1 heterocycles. The van der Waals surface area contributed by atoms with Crippen LogP contribution in [0.4, 0.5) is 0 Å². The molecular weight excluding hydrogens is 224 g/mol. The van der Waals surface area contributed by atoms with Crippen molar-refractivity contribution in [1.29, 1.82) is 0 Å². The van der Waals surface area contributed by atoms with Crippen LogP contribution in [0, 0.1) is 0 Å². The van der Waals surface area contributed by atoms with Crippen molar-refractivity contribution >= 4 is 8.32 Å². The first-order chi connectivity index (χ1) is 7.22. The van der Waals surface area contributed by atoms with Crippen LogP contribution in [0.1, 0.15) is 5.56 Å². The van der Waals surface area contributed by atoms with Crippen molar-refractivity contribution in [3.8, 4) is 0 Å². The summed E-state index contributed by atoms with van der Waals surface area (Å²) in [5.41, 5.74) is -0.0740. The summed E-state index contributed by atoms with van der Waals surface area (Å²) in [5.74, 6) is 0. The van der Waals surface area contributed by atoms with Crippen molar-refractivity contribution in [2.75, 3.05) is 0 Å². The van der Waals surface area contributed by atoms with E-state index in [2.05, 4.69) is 19.6 Å². The Bertz CT molecular complexity index is 496. The van der Waals surface area contributed by atoms with E-state index in [1.54, 1.807) is 13.2 Å². The van der Waals surface area contributed by atoms with Gasteiger partial charge in [0, 0.05) is 20.3 Å². The number of hydrogen-bond acceptors (Lipinski definition) is 3. The molecule has 0 aliphatic heterocycles. The minimum Gasteiger partial charge on any atom is -0.413 e. The molecule has 1 aromatic rings. The van der Waals surface area contributed by atoms with Crippen LogP contribution in [0.5, 0.6) is 0 Å². The molecule has 0 aliphatic rings. The van der Waals surface area contributed by atoms with Crippen molar-refractivity contribution in [1.82, 2.24) is 9.13 Å². The second-order valence-electron chi connectivity index (χ2n) is 4.81. The van der Waals surface area contributed by atoms with Gasteiger partial charge in [-0.15, -0.1) is 0 Å². The van der Waals surface area contributed by atoms with E-state index in [0.29, 0.717) is 5.56 Å². The number of nitrogens with zero attached hydrogens (tertiary/aromatic N) is 2. The van der Waals surface area contributed by atoms with Gasteiger partial charge in [0.1, 0.15) is 0 Å². The fourth-order valence-electron chi connectivity index (χ4n) is 1.28. The molecule has 1 rings (SSSR count). The highest BCUT2D eigenvalue weighted by molar-refractivity contribution is 6.69. The average molecular weight is 242 g/mol. The monoisotopic (exact) mass is 242 g/mol. The van der Waals surface area contributed by atoms with Crippen LogP contribution in [0.3, 0.4) is 0 Å². The highest BCUT2D eigenvalue weighted by Gasteiger charge is 2.16. The second kappa shape index (κ2) is 4.38. The third-order valence-corrected chi connectivity index (χ3v) is 3.19. The van der Waals surface area contributed by atoms with Crippen molar-refractivity contribution < 1.29 is 4.43 Å². The quantitative estimate of drug-likeness (QED) is 0.723. The largest absolute Gasteiger partial charge is 0.413 e. The molecule has 6 heteroatoms. The van der Waals surface area contributed by atoms with E-state index < -0.39 is 8.32 Å². The first kappa shape index (κ1) is 12.9. The Morgan fingerprint density at radius 1 is 1.25 bits per heavy atom. The van der Waals surface area contributed by atoms with Crippen molar-refractivity contribution in [2.45, 2.75) is 26.2 Å². The molecule has 16 heavy (non-hydrogen) atoms. The van der Waals surface area contributed by atoms with Crippen LogP contribution >= 0.6 is 0 Å². The minimum atomic E-state index is -1.65. The smallest absolute Gasteiger partial charge is 0.330 e. The van der Waals surface area contributed by atoms with E-state index in [4.69, 9.17) is 4.43 Å². The molecular formula is C10H18N2O3Si. The SMILES string of the molecule is Cn1cc(CO[Si](C)(C)C)c(=O)n(C)c1=O. The summed E-state index contributed by atoms with van der Waals surface area (Å²) in [5, 5.41) is 0. The molecule has 0 atom stereocenters. The van der Waals surface area contributed by atoms with Gasteiger partial charge in [-0.25, -0.2) is 4.79 Å². The molecule has 0 aliphatic carbocycles. The van der Waals surface area contributed by atoms with E-state index in [0.717, 1.165) is 4.57 Å². The van der Waals surface area contributed by atoms with Gasteiger partial charge < -0.3 is 8.99 Å². The molecule has 0 spiro atoms. The highest BCUT2D eigenvalue weighted by Crippen LogP contribution is 2.05. The molecule has 90 valence electrons. The maximum Gasteiger partial charge on any atom is 0.330 e. The molecule has 0 radical (unpaired) electrons. The normalized spacial score (nSPS) is 11.8. The predicted molar refractivity (Wildman–Crippen MR) is 65.1 cm³/mol. The summed E-state index contributed by atoms with van der Waals surface area (Å²) in [6.45, 7) is 6.44. The van der Waals surface area contributed by atoms with Gasteiger partial charge in [0.25, 0.3) is 5.56 Å². The van der Waals surface area contributed by atoms with Gasteiger partial charge in [0.15, 0.2) is 8.32 Å². The Labute approximate surface area is 95.4 Å². The maximum absolute atomic E-state index is 11.7. The highest BCUT2D eigenvalue weighted by atomic mass is 28.4. The minimum absolute atomic E-state index is 0.274. The van der Waals surface area contributed by atoms with Gasteiger partial charge in [-0.05, 0) is 19.6 Å². The first-order valence-corrected chi connectivity index (χ1v) is 8.52. The Balaban J connectivity index is 3.08. The molecule has 0 unspecified atom stereocenters. The predicted octanol–water partition coefficient (Wildman–Crippen LogP) is 0.435. The lowest BCUT2D eigenvalue weighted by Crippen LogP contribution is -2.39. The Morgan fingerprint density at radius 3 is 2.31 bits per heavy atom. The number of aryl methyl sites for hydroxylation is 1. The van der Waals surface area contributed by atoms with Crippen LogP contribution in [0.15, 0.2) is 15.8 Å². The van der Waals surface area contributed by atoms with Gasteiger partial charge in [-0.1, -0.05) is 0 Å². The molecule has 0 bridgehead atoms. The van der Waals surface area contributed by atoms with E-state index in [9.17, 15) is 9.59 Å². The van der Waals surface area contributed by atoms with Gasteiger partial charge in [-0.3, -0.25) is 9.36 Å². The molecule has 5 nitrogen and oxygen atoms in total. The van der Waals surface area contributed by atoms with Gasteiger partial charge in [0.05, 0.1) is 12.2 Å². The molecule has 0 aromatic carbocycles. The fraction of sp³-hybridized carbons (Fsp3) is 0.600. The molecule has 0 N–H and O–H groups in total. The zero-order valence-electron chi connectivity index (χ0n) is 10.4. The van der Waals surface area contributed by atoms with Crippen LogP contribution < -0.4 is 11.2 Å². The van der Waals surface area contributed by atoms with Crippen LogP contribution in [0.2, 0.25) is 19.6 Å². The summed E-state index contributed by atoms with van der Waals surface area (Å²) in [4.78, 5) is 23.2. The van der Waals surface area contributed by atoms with Gasteiger partial charge in [-0.2, -0.15) is 0 Å². The third kappa shape index (κ3) is 2.93. The molecule has 0 saturated heterocycles. The van der Waals surface area contributed by atoms with Crippen molar-refractivity contribution in [3.05, 3.63) is 32.6 Å². The maximum atomic E-state index is 11.7. The summed E-state index contributed by atoms with van der Waals surface area (Å²) >= 11 is 0. The van der Waals surface area contributed by atoms with E-state index in [1.165, 1.54) is 11.6 Å². The molecule has 0 fully saturated rings. The van der Waals surface area contributed by atoms with E-state index in [-0.39, 0.29) is 17.9 Å². The molecule has 0 saturated carbocycles. The van der Waals surface area contributed by atoms with E-state index >= 15 is 0 Å². The zero-order valence-corrected chi connectivity index (χ0v) is 11.4. The number of aromatic nitrogens is 2. The van der Waals surface area contributed by atoms with Crippen LogP contribution in [-0.2, 0) is 25.1 Å². The fourth-order valence-corrected chi connectivity index (χ4v) is 1.86. The lowest BCUT2D eigenvalue weighted by Gasteiger charge is -2.17. The van der Waals surface area contributed by atoms with E-state index in [1.807, 2.05) is 0 Å². The lowest BCUT2D eigenvalue weighted by atomic mass is 10.3. The lowest BCUT2D eigenvalue weighted by molar-refractivity contribution is 0.295. The zero-order chi connectivity index (χ0) is 12.5. The average Bonchev–Trinajstić information content (AvgIpc) is 2.17. The molecule has 1 aromatic heterocycles. The topological polar surface area (TPSA) is 53.2 Å². The Kier molecular flexibility index (Phi) is 3.54. The third-order valence-electron chi connectivity index (χ3n) is 2.18. The molecule has 0 amide bonds. The van der Waals surface area contributed by atoms with Crippen molar-refractivity contribution in [3.63, 3.8) is 0 Å². The number of rotatable bonds is 3. The summed E-state index contributed by atoms with van der Waals surface area (Å²) < 4.78 is 8.15. The Morgan fingerprint density at radius 2 is 1.81 bits per heavy atom. The van der Waals surface area contributed by atoms with Gasteiger partial charge in [0.2, 0.25) is 0 Å². The Hall–Kier alpha value is -1.14. The summed E-state index contributed by atoms with van der Waals surface area (Å²) in [6, 6.07) is 0. The van der Waals surface area contributed by atoms with Crippen LogP contribution in [0.25, 0.3) is 0 Å². The number of hydrogen-bond donors (Lipinski definition) is 0.